The molecule has 0 aromatic heterocycles. The number of nitrogens with zero attached hydrogens (tertiary/aromatic N) is 2. The van der Waals surface area contributed by atoms with Crippen molar-refractivity contribution in [3.8, 4) is 0 Å². The van der Waals surface area contributed by atoms with Crippen molar-refractivity contribution in [2.75, 3.05) is 6.61 Å². The lowest BCUT2D eigenvalue weighted by Crippen LogP contribution is -2.58. The molecule has 0 unspecified atom stereocenters. The van der Waals surface area contributed by atoms with E-state index in [4.69, 9.17) is 9.73 Å². The first-order valence-corrected chi connectivity index (χ1v) is 8.71. The van der Waals surface area contributed by atoms with Crippen molar-refractivity contribution in [2.45, 2.75) is 58.2 Å². The van der Waals surface area contributed by atoms with Gasteiger partial charge in [-0.25, -0.2) is 4.99 Å². The van der Waals surface area contributed by atoms with E-state index in [2.05, 4.69) is 25.6 Å². The third kappa shape index (κ3) is 3.23. The van der Waals surface area contributed by atoms with E-state index in [0.717, 1.165) is 5.56 Å². The SMILES string of the molecule is C=CC[C@@]1(CC)N=C(OCC)[C@@H](C)N([C@@H](C)c2ccccc2)C1=O. The average Bonchev–Trinajstić information content (AvgIpc) is 2.60. The summed E-state index contributed by atoms with van der Waals surface area (Å²) in [5.74, 6) is 0.695. The number of rotatable bonds is 6. The van der Waals surface area contributed by atoms with Gasteiger partial charge in [-0.05, 0) is 39.2 Å². The van der Waals surface area contributed by atoms with Crippen molar-refractivity contribution in [1.29, 1.82) is 0 Å². The van der Waals surface area contributed by atoms with Crippen LogP contribution in [0.3, 0.4) is 0 Å². The molecule has 130 valence electrons. The minimum atomic E-state index is -0.804. The molecule has 0 N–H and O–H groups in total. The van der Waals surface area contributed by atoms with Crippen LogP contribution < -0.4 is 0 Å². The number of carbonyl (C=O) groups is 1. The molecule has 0 radical (unpaired) electrons. The van der Waals surface area contributed by atoms with E-state index in [1.165, 1.54) is 0 Å². The highest BCUT2D eigenvalue weighted by Crippen LogP contribution is 2.35. The Morgan fingerprint density at radius 2 is 2.04 bits per heavy atom. The number of benzene rings is 1. The van der Waals surface area contributed by atoms with E-state index < -0.39 is 5.54 Å². The normalized spacial score (nSPS) is 25.2. The molecule has 1 amide bonds. The number of amides is 1. The van der Waals surface area contributed by atoms with Gasteiger partial charge in [-0.15, -0.1) is 6.58 Å². The number of aliphatic imine (C=N–C) groups is 1. The molecule has 1 aromatic carbocycles. The molecule has 3 atom stereocenters. The topological polar surface area (TPSA) is 41.9 Å². The molecule has 1 aliphatic rings. The van der Waals surface area contributed by atoms with E-state index in [1.807, 2.05) is 43.9 Å². The molecule has 0 fully saturated rings. The van der Waals surface area contributed by atoms with Crippen molar-refractivity contribution >= 4 is 11.8 Å². The van der Waals surface area contributed by atoms with Crippen molar-refractivity contribution in [3.05, 3.63) is 48.6 Å². The summed E-state index contributed by atoms with van der Waals surface area (Å²) in [4.78, 5) is 20.0. The summed E-state index contributed by atoms with van der Waals surface area (Å²) in [5.41, 5.74) is 0.306. The standard InChI is InChI=1S/C20H28N2O2/c1-6-14-20(7-2)19(23)22(16(5)18(21-20)24-8-3)15(4)17-12-10-9-11-13-17/h6,9-13,15-16H,1,7-8,14H2,2-5H3/t15-,16+,20+/m0/s1. The van der Waals surface area contributed by atoms with Gasteiger partial charge < -0.3 is 9.64 Å². The molecule has 0 aliphatic carbocycles. The van der Waals surface area contributed by atoms with Gasteiger partial charge in [-0.2, -0.15) is 0 Å². The molecule has 0 bridgehead atoms. The number of carbonyl (C=O) groups excluding carboxylic acids is 1. The lowest BCUT2D eigenvalue weighted by atomic mass is 9.87. The second-order valence-electron chi connectivity index (χ2n) is 6.24. The Bertz CT molecular complexity index is 611. The monoisotopic (exact) mass is 328 g/mol. The van der Waals surface area contributed by atoms with Gasteiger partial charge in [-0.3, -0.25) is 4.79 Å². The van der Waals surface area contributed by atoms with Crippen LogP contribution in [0.4, 0.5) is 0 Å². The van der Waals surface area contributed by atoms with Gasteiger partial charge in [0.15, 0.2) is 0 Å². The maximum atomic E-state index is 13.4. The first-order valence-electron chi connectivity index (χ1n) is 8.71. The largest absolute Gasteiger partial charge is 0.480 e. The first-order chi connectivity index (χ1) is 11.5. The summed E-state index contributed by atoms with van der Waals surface area (Å²) in [6.45, 7) is 12.3. The Labute approximate surface area is 145 Å². The van der Waals surface area contributed by atoms with Crippen LogP contribution in [0, 0.1) is 0 Å². The second-order valence-corrected chi connectivity index (χ2v) is 6.24. The number of hydrogen-bond acceptors (Lipinski definition) is 3. The average molecular weight is 328 g/mol. The zero-order chi connectivity index (χ0) is 17.7. The lowest BCUT2D eigenvalue weighted by Gasteiger charge is -2.44. The van der Waals surface area contributed by atoms with E-state index >= 15 is 0 Å². The fourth-order valence-corrected chi connectivity index (χ4v) is 3.34. The van der Waals surface area contributed by atoms with E-state index in [9.17, 15) is 4.79 Å². The molecule has 0 saturated heterocycles. The highest BCUT2D eigenvalue weighted by Gasteiger charge is 2.47. The van der Waals surface area contributed by atoms with Crippen LogP contribution >= 0.6 is 0 Å². The summed E-state index contributed by atoms with van der Waals surface area (Å²) in [5, 5.41) is 0. The van der Waals surface area contributed by atoms with Crippen LogP contribution in [0.15, 0.2) is 48.0 Å². The Morgan fingerprint density at radius 1 is 1.38 bits per heavy atom. The number of hydrogen-bond donors (Lipinski definition) is 0. The molecular weight excluding hydrogens is 300 g/mol. The first kappa shape index (κ1) is 18.2. The van der Waals surface area contributed by atoms with Gasteiger partial charge in [0.25, 0.3) is 5.91 Å². The molecule has 1 aliphatic heterocycles. The molecule has 24 heavy (non-hydrogen) atoms. The smallest absolute Gasteiger partial charge is 0.252 e. The summed E-state index contributed by atoms with van der Waals surface area (Å²) in [7, 11) is 0. The molecule has 1 heterocycles. The van der Waals surface area contributed by atoms with Gasteiger partial charge in [0.2, 0.25) is 5.90 Å². The molecular formula is C20H28N2O2. The van der Waals surface area contributed by atoms with Crippen LogP contribution in [0.5, 0.6) is 0 Å². The minimum Gasteiger partial charge on any atom is -0.480 e. The summed E-state index contributed by atoms with van der Waals surface area (Å²) < 4.78 is 5.78. The van der Waals surface area contributed by atoms with Gasteiger partial charge in [0, 0.05) is 0 Å². The van der Waals surface area contributed by atoms with Gasteiger partial charge in [0.1, 0.15) is 11.6 Å². The van der Waals surface area contributed by atoms with Crippen molar-refractivity contribution < 1.29 is 9.53 Å². The zero-order valence-electron chi connectivity index (χ0n) is 15.2. The maximum absolute atomic E-state index is 13.4. The summed E-state index contributed by atoms with van der Waals surface area (Å²) in [6.07, 6.45) is 2.92. The molecule has 4 nitrogen and oxygen atoms in total. The number of ether oxygens (including phenoxy) is 1. The second kappa shape index (κ2) is 7.65. The summed E-state index contributed by atoms with van der Waals surface area (Å²) in [6, 6.07) is 9.86. The van der Waals surface area contributed by atoms with Crippen LogP contribution in [0.2, 0.25) is 0 Å². The molecule has 4 heteroatoms. The Morgan fingerprint density at radius 3 is 2.58 bits per heavy atom. The lowest BCUT2D eigenvalue weighted by molar-refractivity contribution is -0.142. The van der Waals surface area contributed by atoms with Crippen molar-refractivity contribution in [2.24, 2.45) is 4.99 Å². The quantitative estimate of drug-likeness (QED) is 0.737. The third-order valence-electron chi connectivity index (χ3n) is 4.79. The van der Waals surface area contributed by atoms with Gasteiger partial charge in [-0.1, -0.05) is 43.3 Å². The van der Waals surface area contributed by atoms with Crippen LogP contribution in [0.25, 0.3) is 0 Å². The highest BCUT2D eigenvalue weighted by atomic mass is 16.5. The Kier molecular flexibility index (Phi) is 5.81. The summed E-state index contributed by atoms with van der Waals surface area (Å²) >= 11 is 0. The Hall–Kier alpha value is -2.10. The van der Waals surface area contributed by atoms with E-state index in [-0.39, 0.29) is 18.0 Å². The van der Waals surface area contributed by atoms with Gasteiger partial charge >= 0.3 is 0 Å². The zero-order valence-corrected chi connectivity index (χ0v) is 15.2. The van der Waals surface area contributed by atoms with E-state index in [0.29, 0.717) is 25.3 Å². The van der Waals surface area contributed by atoms with Crippen molar-refractivity contribution in [1.82, 2.24) is 4.90 Å². The molecule has 0 saturated carbocycles. The van der Waals surface area contributed by atoms with E-state index in [1.54, 1.807) is 6.08 Å². The van der Waals surface area contributed by atoms with Crippen LogP contribution in [-0.2, 0) is 9.53 Å². The third-order valence-corrected chi connectivity index (χ3v) is 4.79. The molecule has 1 aromatic rings. The maximum Gasteiger partial charge on any atom is 0.252 e. The van der Waals surface area contributed by atoms with Crippen molar-refractivity contribution in [3.63, 3.8) is 0 Å². The highest BCUT2D eigenvalue weighted by molar-refractivity contribution is 5.98. The fourth-order valence-electron chi connectivity index (χ4n) is 3.34. The predicted octanol–water partition coefficient (Wildman–Crippen LogP) is 4.14. The Balaban J connectivity index is 2.49. The minimum absolute atomic E-state index is 0.0459. The fraction of sp³-hybridized carbons (Fsp3) is 0.500. The van der Waals surface area contributed by atoms with Gasteiger partial charge in [0.05, 0.1) is 12.6 Å². The molecule has 2 rings (SSSR count). The predicted molar refractivity (Wildman–Crippen MR) is 98.1 cm³/mol. The molecule has 0 spiro atoms. The van der Waals surface area contributed by atoms with Crippen LogP contribution in [0.1, 0.15) is 52.1 Å². The van der Waals surface area contributed by atoms with Crippen LogP contribution in [-0.4, -0.2) is 34.9 Å².